The Labute approximate surface area is 156 Å². The van der Waals surface area contributed by atoms with Crippen molar-refractivity contribution < 1.29 is 28.2 Å². The van der Waals surface area contributed by atoms with Gasteiger partial charge in [0.25, 0.3) is 0 Å². The Balaban J connectivity index is 2.20. The first kappa shape index (κ1) is 19.2. The predicted octanol–water partition coefficient (Wildman–Crippen LogP) is 2.36. The van der Waals surface area contributed by atoms with Gasteiger partial charge < -0.3 is 10.2 Å². The fourth-order valence-corrected chi connectivity index (χ4v) is 4.88. The van der Waals surface area contributed by atoms with Crippen molar-refractivity contribution in [1.29, 1.82) is 0 Å². The Kier molecular flexibility index (Phi) is 4.92. The maximum absolute atomic E-state index is 12.9. The first-order valence-corrected chi connectivity index (χ1v) is 9.98. The molecule has 1 aliphatic heterocycles. The van der Waals surface area contributed by atoms with Crippen LogP contribution in [0.3, 0.4) is 0 Å². The Morgan fingerprint density at radius 1 is 1.11 bits per heavy atom. The summed E-state index contributed by atoms with van der Waals surface area (Å²) in [6, 6.07) is 4.01. The molecule has 3 rings (SSSR count). The smallest absolute Gasteiger partial charge is 0.338 e. The molecule has 9 heteroatoms. The highest BCUT2D eigenvalue weighted by atomic mass is 32.2. The number of sulfonamides is 1. The van der Waals surface area contributed by atoms with Crippen molar-refractivity contribution in [3.05, 3.63) is 35.0 Å². The molecule has 8 nitrogen and oxygen atoms in total. The van der Waals surface area contributed by atoms with Crippen LogP contribution in [-0.2, 0) is 10.0 Å². The van der Waals surface area contributed by atoms with Gasteiger partial charge in [-0.25, -0.2) is 18.0 Å². The monoisotopic (exact) mass is 392 g/mol. The number of carboxylic acid groups (broad SMARTS) is 2. The third kappa shape index (κ3) is 3.40. The van der Waals surface area contributed by atoms with Gasteiger partial charge in [0.05, 0.1) is 27.2 Å². The molecular formula is C18H20N2O6S. The first-order chi connectivity index (χ1) is 12.6. The standard InChI is InChI=1S/C18H20N2O6S/c1-10-5-7-20(8-6-10)27(25,26)12-3-4-14-13(9-12)16(18(23)24)15(17(21)22)11(2)19-14/h3-4,9-10H,5-8H2,1-2H3,(H,21,22)(H,23,24). The molecule has 1 aromatic carbocycles. The highest BCUT2D eigenvalue weighted by Crippen LogP contribution is 2.29. The number of benzene rings is 1. The van der Waals surface area contributed by atoms with Gasteiger partial charge in [-0.05, 0) is 43.9 Å². The third-order valence-electron chi connectivity index (χ3n) is 4.95. The van der Waals surface area contributed by atoms with E-state index in [1.165, 1.54) is 29.4 Å². The molecule has 0 amide bonds. The van der Waals surface area contributed by atoms with Crippen molar-refractivity contribution in [2.45, 2.75) is 31.6 Å². The van der Waals surface area contributed by atoms with Crippen molar-refractivity contribution in [3.8, 4) is 0 Å². The van der Waals surface area contributed by atoms with Crippen LogP contribution in [0.15, 0.2) is 23.1 Å². The van der Waals surface area contributed by atoms with Crippen LogP contribution in [0, 0.1) is 12.8 Å². The van der Waals surface area contributed by atoms with Gasteiger partial charge in [0.1, 0.15) is 0 Å². The molecule has 0 spiro atoms. The summed E-state index contributed by atoms with van der Waals surface area (Å²) in [6.07, 6.45) is 1.52. The van der Waals surface area contributed by atoms with E-state index in [4.69, 9.17) is 0 Å². The lowest BCUT2D eigenvalue weighted by molar-refractivity contribution is 0.0652. The van der Waals surface area contributed by atoms with E-state index < -0.39 is 33.1 Å². The van der Waals surface area contributed by atoms with Crippen molar-refractivity contribution in [2.24, 2.45) is 5.92 Å². The minimum absolute atomic E-state index is 0.00282. The summed E-state index contributed by atoms with van der Waals surface area (Å²) in [5, 5.41) is 18.9. The minimum atomic E-state index is -3.80. The van der Waals surface area contributed by atoms with Crippen molar-refractivity contribution in [1.82, 2.24) is 9.29 Å². The van der Waals surface area contributed by atoms with Gasteiger partial charge in [-0.15, -0.1) is 0 Å². The molecule has 0 atom stereocenters. The minimum Gasteiger partial charge on any atom is -0.478 e. The lowest BCUT2D eigenvalue weighted by atomic mass is 10.0. The number of pyridine rings is 1. The number of carbonyl (C=O) groups is 2. The summed E-state index contributed by atoms with van der Waals surface area (Å²) in [4.78, 5) is 27.3. The summed E-state index contributed by atoms with van der Waals surface area (Å²) in [5.41, 5.74) is -0.584. The maximum Gasteiger partial charge on any atom is 0.338 e. The molecule has 2 N–H and O–H groups in total. The van der Waals surface area contributed by atoms with Gasteiger partial charge in [0, 0.05) is 18.5 Å². The van der Waals surface area contributed by atoms with E-state index in [1.807, 2.05) is 0 Å². The molecular weight excluding hydrogens is 372 g/mol. The number of fused-ring (bicyclic) bond motifs is 1. The number of carboxylic acids is 2. The molecule has 0 bridgehead atoms. The number of aromatic carboxylic acids is 2. The number of aryl methyl sites for hydroxylation is 1. The molecule has 0 saturated carbocycles. The third-order valence-corrected chi connectivity index (χ3v) is 6.84. The Hall–Kier alpha value is -2.52. The number of piperidine rings is 1. The van der Waals surface area contributed by atoms with Gasteiger partial charge in [-0.1, -0.05) is 6.92 Å². The Morgan fingerprint density at radius 2 is 1.70 bits per heavy atom. The fraction of sp³-hybridized carbons (Fsp3) is 0.389. The van der Waals surface area contributed by atoms with Crippen LogP contribution in [-0.4, -0.2) is 52.9 Å². The zero-order valence-corrected chi connectivity index (χ0v) is 15.8. The summed E-state index contributed by atoms with van der Waals surface area (Å²) in [5.74, 6) is -2.40. The summed E-state index contributed by atoms with van der Waals surface area (Å²) in [7, 11) is -3.80. The second kappa shape index (κ2) is 6.90. The lowest BCUT2D eigenvalue weighted by Gasteiger charge is -2.29. The summed E-state index contributed by atoms with van der Waals surface area (Å²) in [6.45, 7) is 4.29. The summed E-state index contributed by atoms with van der Waals surface area (Å²) >= 11 is 0. The van der Waals surface area contributed by atoms with E-state index >= 15 is 0 Å². The SMILES string of the molecule is Cc1nc2ccc(S(=O)(=O)N3CCC(C)CC3)cc2c(C(=O)O)c1C(=O)O. The van der Waals surface area contributed by atoms with Crippen LogP contribution in [0.2, 0.25) is 0 Å². The van der Waals surface area contributed by atoms with E-state index in [-0.39, 0.29) is 21.5 Å². The highest BCUT2D eigenvalue weighted by molar-refractivity contribution is 7.89. The number of hydrogen-bond donors (Lipinski definition) is 2. The van der Waals surface area contributed by atoms with Gasteiger partial charge in [0.15, 0.2) is 0 Å². The van der Waals surface area contributed by atoms with Crippen LogP contribution in [0.4, 0.5) is 0 Å². The van der Waals surface area contributed by atoms with Crippen LogP contribution < -0.4 is 0 Å². The molecule has 2 aromatic rings. The number of nitrogens with zero attached hydrogens (tertiary/aromatic N) is 2. The quantitative estimate of drug-likeness (QED) is 0.818. The molecule has 1 fully saturated rings. The van der Waals surface area contributed by atoms with E-state index in [9.17, 15) is 28.2 Å². The van der Waals surface area contributed by atoms with E-state index in [2.05, 4.69) is 11.9 Å². The van der Waals surface area contributed by atoms with Crippen molar-refractivity contribution in [2.75, 3.05) is 13.1 Å². The van der Waals surface area contributed by atoms with E-state index in [0.29, 0.717) is 19.0 Å². The van der Waals surface area contributed by atoms with Crippen molar-refractivity contribution >= 4 is 32.9 Å². The summed E-state index contributed by atoms with van der Waals surface area (Å²) < 4.78 is 27.3. The van der Waals surface area contributed by atoms with Crippen LogP contribution in [0.5, 0.6) is 0 Å². The molecule has 144 valence electrons. The molecule has 1 saturated heterocycles. The molecule has 0 aliphatic carbocycles. The largest absolute Gasteiger partial charge is 0.478 e. The van der Waals surface area contributed by atoms with Gasteiger partial charge in [-0.2, -0.15) is 4.31 Å². The average Bonchev–Trinajstić information content (AvgIpc) is 2.60. The number of rotatable bonds is 4. The molecule has 0 radical (unpaired) electrons. The predicted molar refractivity (Wildman–Crippen MR) is 97.6 cm³/mol. The van der Waals surface area contributed by atoms with E-state index in [0.717, 1.165) is 12.8 Å². The number of aromatic nitrogens is 1. The molecule has 27 heavy (non-hydrogen) atoms. The zero-order valence-electron chi connectivity index (χ0n) is 15.0. The average molecular weight is 392 g/mol. The molecule has 1 aliphatic rings. The topological polar surface area (TPSA) is 125 Å². The van der Waals surface area contributed by atoms with Crippen LogP contribution >= 0.6 is 0 Å². The zero-order chi connectivity index (χ0) is 19.9. The van der Waals surface area contributed by atoms with E-state index in [1.54, 1.807) is 0 Å². The molecule has 0 unspecified atom stereocenters. The lowest BCUT2D eigenvalue weighted by Crippen LogP contribution is -2.37. The second-order valence-electron chi connectivity index (χ2n) is 6.82. The molecule has 2 heterocycles. The fourth-order valence-electron chi connectivity index (χ4n) is 3.38. The number of hydrogen-bond acceptors (Lipinski definition) is 5. The van der Waals surface area contributed by atoms with Gasteiger partial charge >= 0.3 is 11.9 Å². The normalized spacial score (nSPS) is 16.5. The Bertz CT molecular complexity index is 1040. The van der Waals surface area contributed by atoms with Crippen molar-refractivity contribution in [3.63, 3.8) is 0 Å². The highest BCUT2D eigenvalue weighted by Gasteiger charge is 2.30. The maximum atomic E-state index is 12.9. The van der Waals surface area contributed by atoms with Gasteiger partial charge in [-0.3, -0.25) is 4.98 Å². The van der Waals surface area contributed by atoms with Crippen LogP contribution in [0.25, 0.3) is 10.9 Å². The Morgan fingerprint density at radius 3 is 2.26 bits per heavy atom. The second-order valence-corrected chi connectivity index (χ2v) is 8.76. The first-order valence-electron chi connectivity index (χ1n) is 8.54. The van der Waals surface area contributed by atoms with Crippen LogP contribution in [0.1, 0.15) is 46.2 Å². The van der Waals surface area contributed by atoms with Gasteiger partial charge in [0.2, 0.25) is 10.0 Å². The molecule has 1 aromatic heterocycles.